The smallest absolute Gasteiger partial charge is 0.147 e. The zero-order valence-corrected chi connectivity index (χ0v) is 10.9. The number of rotatable bonds is 2. The number of imidazole rings is 1. The summed E-state index contributed by atoms with van der Waals surface area (Å²) in [6, 6.07) is 4.82. The molecule has 3 rings (SSSR count). The number of halogens is 1. The van der Waals surface area contributed by atoms with Crippen molar-refractivity contribution in [1.82, 2.24) is 9.55 Å². The highest BCUT2D eigenvalue weighted by Gasteiger charge is 2.21. The molecule has 0 amide bonds. The monoisotopic (exact) mass is 260 g/mol. The minimum Gasteiger partial charge on any atom is -0.389 e. The van der Waals surface area contributed by atoms with Gasteiger partial charge in [-0.1, -0.05) is 12.1 Å². The number of nitrogens with zero attached hydrogens (tertiary/aromatic N) is 2. The lowest BCUT2D eigenvalue weighted by Crippen LogP contribution is -2.11. The summed E-state index contributed by atoms with van der Waals surface area (Å²) in [6.07, 6.45) is 5.11. The van der Waals surface area contributed by atoms with E-state index in [0.29, 0.717) is 11.3 Å². The number of fused-ring (bicyclic) bond motifs is 1. The standard InChI is InChI=1S/C15H17FN2O/c1-10(19)11-5-4-6-12(16)15(11)18-9-17-13-7-2-3-8-14(13)18/h4-6,9-10,19H,2-3,7-8H2,1H3. The van der Waals surface area contributed by atoms with Gasteiger partial charge in [-0.05, 0) is 38.7 Å². The summed E-state index contributed by atoms with van der Waals surface area (Å²) in [5.41, 5.74) is 3.18. The van der Waals surface area contributed by atoms with Crippen LogP contribution in [0, 0.1) is 5.82 Å². The van der Waals surface area contributed by atoms with Crippen LogP contribution in [0.15, 0.2) is 24.5 Å². The van der Waals surface area contributed by atoms with E-state index >= 15 is 0 Å². The molecule has 1 aliphatic carbocycles. The number of aliphatic hydroxyl groups is 1. The first-order valence-corrected chi connectivity index (χ1v) is 6.70. The molecule has 0 fully saturated rings. The lowest BCUT2D eigenvalue weighted by molar-refractivity contribution is 0.198. The number of aryl methyl sites for hydroxylation is 1. The van der Waals surface area contributed by atoms with Gasteiger partial charge in [-0.3, -0.25) is 4.57 Å². The van der Waals surface area contributed by atoms with Crippen LogP contribution >= 0.6 is 0 Å². The highest BCUT2D eigenvalue weighted by atomic mass is 19.1. The van der Waals surface area contributed by atoms with E-state index in [9.17, 15) is 9.50 Å². The predicted octanol–water partition coefficient (Wildman–Crippen LogP) is 2.94. The molecule has 1 aromatic carbocycles. The molecular weight excluding hydrogens is 243 g/mol. The van der Waals surface area contributed by atoms with E-state index in [2.05, 4.69) is 4.98 Å². The Hall–Kier alpha value is -1.68. The van der Waals surface area contributed by atoms with E-state index < -0.39 is 6.10 Å². The fraction of sp³-hybridized carbons (Fsp3) is 0.400. The summed E-state index contributed by atoms with van der Waals surface area (Å²) in [7, 11) is 0. The van der Waals surface area contributed by atoms with E-state index in [0.717, 1.165) is 37.1 Å². The number of para-hydroxylation sites is 1. The molecular formula is C15H17FN2O. The van der Waals surface area contributed by atoms with Crippen molar-refractivity contribution in [2.45, 2.75) is 38.7 Å². The van der Waals surface area contributed by atoms with E-state index in [1.54, 1.807) is 25.4 Å². The SMILES string of the molecule is CC(O)c1cccc(F)c1-n1cnc2c1CCCC2. The molecule has 0 spiro atoms. The maximum Gasteiger partial charge on any atom is 0.147 e. The lowest BCUT2D eigenvalue weighted by Gasteiger charge is -2.18. The number of benzene rings is 1. The van der Waals surface area contributed by atoms with Gasteiger partial charge in [0.05, 0.1) is 23.8 Å². The third-order valence-corrected chi connectivity index (χ3v) is 3.74. The molecule has 1 aliphatic rings. The van der Waals surface area contributed by atoms with Crippen LogP contribution in [0.2, 0.25) is 0 Å². The Morgan fingerprint density at radius 3 is 2.89 bits per heavy atom. The summed E-state index contributed by atoms with van der Waals surface area (Å²) >= 11 is 0. The van der Waals surface area contributed by atoms with E-state index in [-0.39, 0.29) is 5.82 Å². The van der Waals surface area contributed by atoms with Gasteiger partial charge in [-0.25, -0.2) is 9.37 Å². The summed E-state index contributed by atoms with van der Waals surface area (Å²) < 4.78 is 16.0. The van der Waals surface area contributed by atoms with E-state index in [1.165, 1.54) is 6.07 Å². The molecule has 100 valence electrons. The first kappa shape index (κ1) is 12.4. The van der Waals surface area contributed by atoms with Gasteiger partial charge in [0.25, 0.3) is 0 Å². The molecule has 1 unspecified atom stereocenters. The van der Waals surface area contributed by atoms with Crippen LogP contribution in [0.3, 0.4) is 0 Å². The van der Waals surface area contributed by atoms with Crippen LogP contribution in [0.25, 0.3) is 5.69 Å². The molecule has 3 nitrogen and oxygen atoms in total. The molecule has 4 heteroatoms. The lowest BCUT2D eigenvalue weighted by atomic mass is 10.0. The average Bonchev–Trinajstić information content (AvgIpc) is 2.82. The summed E-state index contributed by atoms with van der Waals surface area (Å²) in [5, 5.41) is 9.83. The minimum atomic E-state index is -0.702. The molecule has 2 aromatic rings. The third kappa shape index (κ3) is 2.06. The van der Waals surface area contributed by atoms with Crippen LogP contribution in [-0.4, -0.2) is 14.7 Å². The van der Waals surface area contributed by atoms with Gasteiger partial charge < -0.3 is 5.11 Å². The second kappa shape index (κ2) is 4.78. The molecule has 19 heavy (non-hydrogen) atoms. The fourth-order valence-electron chi connectivity index (χ4n) is 2.79. The highest BCUT2D eigenvalue weighted by Crippen LogP contribution is 2.29. The van der Waals surface area contributed by atoms with Crippen molar-refractivity contribution in [2.75, 3.05) is 0 Å². The highest BCUT2D eigenvalue weighted by molar-refractivity contribution is 5.46. The molecule has 0 aliphatic heterocycles. The predicted molar refractivity (Wildman–Crippen MR) is 70.8 cm³/mol. The Labute approximate surface area is 111 Å². The van der Waals surface area contributed by atoms with Crippen molar-refractivity contribution >= 4 is 0 Å². The quantitative estimate of drug-likeness (QED) is 0.901. The molecule has 0 bridgehead atoms. The Morgan fingerprint density at radius 1 is 1.32 bits per heavy atom. The number of hydrogen-bond acceptors (Lipinski definition) is 2. The molecule has 1 N–H and O–H groups in total. The Kier molecular flexibility index (Phi) is 3.11. The van der Waals surface area contributed by atoms with Crippen molar-refractivity contribution in [2.24, 2.45) is 0 Å². The Bertz CT molecular complexity index is 604. The van der Waals surface area contributed by atoms with Crippen LogP contribution < -0.4 is 0 Å². The van der Waals surface area contributed by atoms with Gasteiger partial charge in [-0.2, -0.15) is 0 Å². The Morgan fingerprint density at radius 2 is 2.11 bits per heavy atom. The maximum atomic E-state index is 14.2. The Balaban J connectivity index is 2.19. The van der Waals surface area contributed by atoms with Crippen molar-refractivity contribution in [3.63, 3.8) is 0 Å². The van der Waals surface area contributed by atoms with Gasteiger partial charge in [0.2, 0.25) is 0 Å². The van der Waals surface area contributed by atoms with Crippen LogP contribution in [0.1, 0.15) is 42.8 Å². The zero-order chi connectivity index (χ0) is 13.4. The van der Waals surface area contributed by atoms with E-state index in [1.807, 2.05) is 4.57 Å². The van der Waals surface area contributed by atoms with Crippen LogP contribution in [-0.2, 0) is 12.8 Å². The van der Waals surface area contributed by atoms with Gasteiger partial charge in [0.1, 0.15) is 5.82 Å². The number of aromatic nitrogens is 2. The molecule has 1 atom stereocenters. The fourth-order valence-corrected chi connectivity index (χ4v) is 2.79. The molecule has 0 saturated carbocycles. The van der Waals surface area contributed by atoms with Crippen molar-refractivity contribution < 1.29 is 9.50 Å². The average molecular weight is 260 g/mol. The van der Waals surface area contributed by atoms with Gasteiger partial charge >= 0.3 is 0 Å². The molecule has 0 saturated heterocycles. The summed E-state index contributed by atoms with van der Waals surface area (Å²) in [6.45, 7) is 1.65. The normalized spacial score (nSPS) is 16.2. The number of hydrogen-bond donors (Lipinski definition) is 1. The first-order chi connectivity index (χ1) is 9.18. The van der Waals surface area contributed by atoms with Crippen molar-refractivity contribution in [3.05, 3.63) is 47.3 Å². The van der Waals surface area contributed by atoms with Gasteiger partial charge in [-0.15, -0.1) is 0 Å². The summed E-state index contributed by atoms with van der Waals surface area (Å²) in [4.78, 5) is 4.39. The zero-order valence-electron chi connectivity index (χ0n) is 10.9. The number of aliphatic hydroxyl groups excluding tert-OH is 1. The van der Waals surface area contributed by atoms with Gasteiger partial charge in [0, 0.05) is 11.3 Å². The van der Waals surface area contributed by atoms with Crippen LogP contribution in [0.5, 0.6) is 0 Å². The molecule has 1 aromatic heterocycles. The second-order valence-corrected chi connectivity index (χ2v) is 5.07. The molecule has 1 heterocycles. The topological polar surface area (TPSA) is 38.0 Å². The summed E-state index contributed by atoms with van der Waals surface area (Å²) in [5.74, 6) is -0.316. The van der Waals surface area contributed by atoms with E-state index in [4.69, 9.17) is 0 Å². The molecule has 0 radical (unpaired) electrons. The van der Waals surface area contributed by atoms with Crippen molar-refractivity contribution in [3.8, 4) is 5.69 Å². The largest absolute Gasteiger partial charge is 0.389 e. The third-order valence-electron chi connectivity index (χ3n) is 3.74. The first-order valence-electron chi connectivity index (χ1n) is 6.70. The van der Waals surface area contributed by atoms with Crippen molar-refractivity contribution in [1.29, 1.82) is 0 Å². The maximum absolute atomic E-state index is 14.2. The van der Waals surface area contributed by atoms with Crippen LogP contribution in [0.4, 0.5) is 4.39 Å². The minimum absolute atomic E-state index is 0.316. The van der Waals surface area contributed by atoms with Gasteiger partial charge in [0.15, 0.2) is 0 Å². The second-order valence-electron chi connectivity index (χ2n) is 5.07.